The third kappa shape index (κ3) is 2.84. The maximum Gasteiger partial charge on any atom is 0.0909 e. The first-order chi connectivity index (χ1) is 9.03. The smallest absolute Gasteiger partial charge is 0.0909 e. The Kier molecular flexibility index (Phi) is 3.65. The van der Waals surface area contributed by atoms with Crippen LogP contribution in [0.5, 0.6) is 0 Å². The van der Waals surface area contributed by atoms with E-state index in [9.17, 15) is 0 Å². The maximum atomic E-state index is 2.79. The number of hydrogen-bond donors (Lipinski definition) is 0. The average Bonchev–Trinajstić information content (AvgIpc) is 2.75. The highest BCUT2D eigenvalue weighted by atomic mass is 15.4. The van der Waals surface area contributed by atoms with Gasteiger partial charge in [-0.3, -0.25) is 0 Å². The van der Waals surface area contributed by atoms with E-state index in [2.05, 4.69) is 30.8 Å². The van der Waals surface area contributed by atoms with E-state index in [1.54, 1.807) is 0 Å². The molecule has 0 N–H and O–H groups in total. The molecule has 3 aliphatic rings. The first-order valence-corrected chi connectivity index (χ1v) is 8.27. The van der Waals surface area contributed by atoms with Gasteiger partial charge in [0, 0.05) is 13.1 Å². The van der Waals surface area contributed by atoms with E-state index >= 15 is 0 Å². The SMILES string of the molecule is CC[N+]1(C)CC2(CCN(CC3CCN(C)CC3)C2)C1. The van der Waals surface area contributed by atoms with Gasteiger partial charge in [0.1, 0.15) is 0 Å². The first kappa shape index (κ1) is 13.8. The minimum absolute atomic E-state index is 0.705. The number of piperidine rings is 1. The average molecular weight is 266 g/mol. The van der Waals surface area contributed by atoms with Gasteiger partial charge in [-0.25, -0.2) is 0 Å². The molecule has 0 aromatic heterocycles. The molecule has 0 bridgehead atoms. The molecule has 3 heteroatoms. The summed E-state index contributed by atoms with van der Waals surface area (Å²) in [6, 6.07) is 0. The molecule has 0 radical (unpaired) electrons. The number of hydrogen-bond acceptors (Lipinski definition) is 2. The number of quaternary nitrogens is 1. The van der Waals surface area contributed by atoms with Crippen LogP contribution in [0.25, 0.3) is 0 Å². The minimum Gasteiger partial charge on any atom is -0.325 e. The van der Waals surface area contributed by atoms with Crippen molar-refractivity contribution in [1.82, 2.24) is 9.80 Å². The van der Waals surface area contributed by atoms with Crippen LogP contribution in [-0.2, 0) is 0 Å². The van der Waals surface area contributed by atoms with E-state index < -0.39 is 0 Å². The minimum atomic E-state index is 0.705. The number of rotatable bonds is 3. The third-order valence-corrected chi connectivity index (χ3v) is 6.07. The molecule has 0 atom stereocenters. The number of likely N-dealkylation sites (tertiary alicyclic amines) is 3. The summed E-state index contributed by atoms with van der Waals surface area (Å²) in [7, 11) is 4.70. The second kappa shape index (κ2) is 5.01. The molecule has 0 aliphatic carbocycles. The van der Waals surface area contributed by atoms with E-state index in [4.69, 9.17) is 0 Å². The van der Waals surface area contributed by atoms with Gasteiger partial charge in [0.25, 0.3) is 0 Å². The zero-order valence-electron chi connectivity index (χ0n) is 13.2. The van der Waals surface area contributed by atoms with Crippen LogP contribution in [0.3, 0.4) is 0 Å². The van der Waals surface area contributed by atoms with E-state index in [1.165, 1.54) is 76.1 Å². The van der Waals surface area contributed by atoms with Crippen LogP contribution in [-0.4, -0.2) is 80.7 Å². The second-order valence-corrected chi connectivity index (χ2v) is 7.98. The molecule has 3 heterocycles. The Morgan fingerprint density at radius 2 is 1.84 bits per heavy atom. The number of nitrogens with zero attached hydrogens (tertiary/aromatic N) is 3. The van der Waals surface area contributed by atoms with Gasteiger partial charge >= 0.3 is 0 Å². The van der Waals surface area contributed by atoms with E-state index in [0.29, 0.717) is 5.41 Å². The summed E-state index contributed by atoms with van der Waals surface area (Å²) in [6.07, 6.45) is 4.30. The van der Waals surface area contributed by atoms with Gasteiger partial charge in [0.2, 0.25) is 0 Å². The summed E-state index contributed by atoms with van der Waals surface area (Å²) in [4.78, 5) is 5.27. The highest BCUT2D eigenvalue weighted by molar-refractivity contribution is 4.95. The van der Waals surface area contributed by atoms with Crippen LogP contribution in [0.4, 0.5) is 0 Å². The van der Waals surface area contributed by atoms with E-state index in [1.807, 2.05) is 0 Å². The molecule has 0 unspecified atom stereocenters. The molecule has 0 amide bonds. The predicted molar refractivity (Wildman–Crippen MR) is 80.2 cm³/mol. The Morgan fingerprint density at radius 1 is 1.16 bits per heavy atom. The molecule has 3 rings (SSSR count). The molecule has 0 aromatic carbocycles. The zero-order valence-corrected chi connectivity index (χ0v) is 13.2. The highest BCUT2D eigenvalue weighted by Gasteiger charge is 2.55. The maximum absolute atomic E-state index is 2.79. The van der Waals surface area contributed by atoms with Crippen molar-refractivity contribution in [3.8, 4) is 0 Å². The largest absolute Gasteiger partial charge is 0.325 e. The fourth-order valence-electron chi connectivity index (χ4n) is 4.85. The highest BCUT2D eigenvalue weighted by Crippen LogP contribution is 2.43. The Bertz CT molecular complexity index is 314. The molecule has 1 spiro atoms. The predicted octanol–water partition coefficient (Wildman–Crippen LogP) is 1.50. The Balaban J connectivity index is 1.45. The van der Waals surface area contributed by atoms with Crippen molar-refractivity contribution in [3.63, 3.8) is 0 Å². The molecule has 0 aromatic rings. The van der Waals surface area contributed by atoms with Gasteiger partial charge in [-0.05, 0) is 58.8 Å². The third-order valence-electron chi connectivity index (χ3n) is 6.07. The molecule has 3 nitrogen and oxygen atoms in total. The van der Waals surface area contributed by atoms with Gasteiger partial charge in [-0.1, -0.05) is 0 Å². The molecule has 110 valence electrons. The van der Waals surface area contributed by atoms with Crippen molar-refractivity contribution in [1.29, 1.82) is 0 Å². The summed E-state index contributed by atoms with van der Waals surface area (Å²) in [5.41, 5.74) is 0.705. The van der Waals surface area contributed by atoms with Gasteiger partial charge < -0.3 is 14.3 Å². The lowest BCUT2D eigenvalue weighted by atomic mass is 9.77. The summed E-state index contributed by atoms with van der Waals surface area (Å²) in [5, 5.41) is 0. The Labute approximate surface area is 119 Å². The Hall–Kier alpha value is -0.120. The van der Waals surface area contributed by atoms with Crippen molar-refractivity contribution < 1.29 is 4.48 Å². The van der Waals surface area contributed by atoms with Crippen LogP contribution < -0.4 is 0 Å². The van der Waals surface area contributed by atoms with Crippen LogP contribution in [0.15, 0.2) is 0 Å². The normalized spacial score (nSPS) is 41.8. The molecule has 3 saturated heterocycles. The lowest BCUT2D eigenvalue weighted by Crippen LogP contribution is -2.68. The second-order valence-electron chi connectivity index (χ2n) is 7.98. The van der Waals surface area contributed by atoms with Crippen LogP contribution in [0, 0.1) is 11.3 Å². The van der Waals surface area contributed by atoms with Gasteiger partial charge in [-0.2, -0.15) is 0 Å². The summed E-state index contributed by atoms with van der Waals surface area (Å²) >= 11 is 0. The van der Waals surface area contributed by atoms with Gasteiger partial charge in [-0.15, -0.1) is 0 Å². The summed E-state index contributed by atoms with van der Waals surface area (Å²) in [5.74, 6) is 0.971. The van der Waals surface area contributed by atoms with Crippen molar-refractivity contribution >= 4 is 0 Å². The molecular formula is C16H32N3+. The first-order valence-electron chi connectivity index (χ1n) is 8.27. The molecular weight excluding hydrogens is 234 g/mol. The van der Waals surface area contributed by atoms with Crippen molar-refractivity contribution in [2.75, 3.05) is 66.5 Å². The lowest BCUT2D eigenvalue weighted by molar-refractivity contribution is -0.965. The van der Waals surface area contributed by atoms with Gasteiger partial charge in [0.05, 0.1) is 32.1 Å². The van der Waals surface area contributed by atoms with Crippen LogP contribution in [0.1, 0.15) is 26.2 Å². The van der Waals surface area contributed by atoms with Crippen LogP contribution in [0.2, 0.25) is 0 Å². The molecule has 3 fully saturated rings. The fourth-order valence-corrected chi connectivity index (χ4v) is 4.85. The monoisotopic (exact) mass is 266 g/mol. The van der Waals surface area contributed by atoms with E-state index in [0.717, 1.165) is 5.92 Å². The summed E-state index contributed by atoms with van der Waals surface area (Å²) in [6.45, 7) is 13.3. The lowest BCUT2D eigenvalue weighted by Gasteiger charge is -2.53. The van der Waals surface area contributed by atoms with E-state index in [-0.39, 0.29) is 0 Å². The van der Waals surface area contributed by atoms with Crippen molar-refractivity contribution in [3.05, 3.63) is 0 Å². The molecule has 19 heavy (non-hydrogen) atoms. The quantitative estimate of drug-likeness (QED) is 0.714. The Morgan fingerprint density at radius 3 is 2.47 bits per heavy atom. The molecule has 3 aliphatic heterocycles. The topological polar surface area (TPSA) is 6.48 Å². The molecule has 0 saturated carbocycles. The van der Waals surface area contributed by atoms with Gasteiger partial charge in [0.15, 0.2) is 0 Å². The zero-order chi connectivity index (χ0) is 13.5. The van der Waals surface area contributed by atoms with Crippen LogP contribution >= 0.6 is 0 Å². The van der Waals surface area contributed by atoms with Crippen molar-refractivity contribution in [2.24, 2.45) is 11.3 Å². The standard InChI is InChI=1S/C16H32N3/c1-4-19(3)13-16(14-19)7-10-18(12-16)11-15-5-8-17(2)9-6-15/h15H,4-14H2,1-3H3/q+1. The summed E-state index contributed by atoms with van der Waals surface area (Å²) < 4.78 is 1.32. The fraction of sp³-hybridized carbons (Fsp3) is 1.00. The van der Waals surface area contributed by atoms with Crippen molar-refractivity contribution in [2.45, 2.75) is 26.2 Å².